The van der Waals surface area contributed by atoms with Crippen molar-refractivity contribution >= 4 is 28.0 Å². The SMILES string of the molecule is C=C(CC(C)(CC(C)(CC)C(=O)OC(O)CS(=O)(=O)O)C(=O)OC)C(=O)OC. The minimum absolute atomic E-state index is 0.00590. The highest BCUT2D eigenvalue weighted by Crippen LogP contribution is 2.42. The molecule has 0 aromatic heterocycles. The summed E-state index contributed by atoms with van der Waals surface area (Å²) in [5.74, 6) is -3.60. The third-order valence-electron chi connectivity index (χ3n) is 4.41. The lowest BCUT2D eigenvalue weighted by molar-refractivity contribution is -0.179. The molecule has 0 aliphatic rings. The second-order valence-electron chi connectivity index (χ2n) is 7.02. The smallest absolute Gasteiger partial charge is 0.333 e. The molecule has 28 heavy (non-hydrogen) atoms. The van der Waals surface area contributed by atoms with Gasteiger partial charge in [0.25, 0.3) is 10.1 Å². The van der Waals surface area contributed by atoms with E-state index in [9.17, 15) is 27.9 Å². The van der Waals surface area contributed by atoms with Gasteiger partial charge in [0.2, 0.25) is 6.29 Å². The first-order valence-electron chi connectivity index (χ1n) is 8.33. The molecule has 2 N–H and O–H groups in total. The van der Waals surface area contributed by atoms with Crippen LogP contribution in [0.25, 0.3) is 0 Å². The Balaban J connectivity index is 5.64. The normalized spacial score (nSPS) is 16.8. The third-order valence-corrected chi connectivity index (χ3v) is 5.11. The Kier molecular flexibility index (Phi) is 9.28. The van der Waals surface area contributed by atoms with Crippen LogP contribution in [0, 0.1) is 10.8 Å². The van der Waals surface area contributed by atoms with Crippen LogP contribution in [0.2, 0.25) is 0 Å². The van der Waals surface area contributed by atoms with Gasteiger partial charge in [-0.05, 0) is 33.1 Å². The Morgan fingerprint density at radius 3 is 2.00 bits per heavy atom. The highest BCUT2D eigenvalue weighted by molar-refractivity contribution is 7.85. The number of hydrogen-bond acceptors (Lipinski definition) is 9. The van der Waals surface area contributed by atoms with Gasteiger partial charge < -0.3 is 19.3 Å². The maximum atomic E-state index is 12.5. The van der Waals surface area contributed by atoms with E-state index in [4.69, 9.17) is 14.0 Å². The standard InChI is InChI=1S/C17H28O10S/c1-7-16(3,15(21)27-12(18)9-28(22,23)24)10-17(4,14(20)26-6)8-11(2)13(19)25-5/h12,18H,2,7-10H2,1,3-6H3,(H,22,23,24). The topological polar surface area (TPSA) is 154 Å². The van der Waals surface area contributed by atoms with Crippen molar-refractivity contribution in [2.45, 2.75) is 46.3 Å². The molecular weight excluding hydrogens is 396 g/mol. The average molecular weight is 424 g/mol. The summed E-state index contributed by atoms with van der Waals surface area (Å²) in [5.41, 5.74) is -2.72. The quantitative estimate of drug-likeness (QED) is 0.160. The predicted octanol–water partition coefficient (Wildman–Crippen LogP) is 0.841. The van der Waals surface area contributed by atoms with Gasteiger partial charge in [-0.2, -0.15) is 8.42 Å². The van der Waals surface area contributed by atoms with Gasteiger partial charge in [0.05, 0.1) is 25.0 Å². The molecule has 0 saturated heterocycles. The van der Waals surface area contributed by atoms with Gasteiger partial charge in [-0.1, -0.05) is 13.5 Å². The van der Waals surface area contributed by atoms with E-state index in [0.29, 0.717) is 0 Å². The first-order valence-corrected chi connectivity index (χ1v) is 9.94. The van der Waals surface area contributed by atoms with Crippen LogP contribution >= 0.6 is 0 Å². The van der Waals surface area contributed by atoms with Crippen molar-refractivity contribution < 1.29 is 46.7 Å². The van der Waals surface area contributed by atoms with Gasteiger partial charge in [0, 0.05) is 5.57 Å². The van der Waals surface area contributed by atoms with E-state index in [1.165, 1.54) is 13.8 Å². The molecule has 0 aliphatic heterocycles. The maximum Gasteiger partial charge on any atom is 0.333 e. The van der Waals surface area contributed by atoms with E-state index >= 15 is 0 Å². The maximum absolute atomic E-state index is 12.5. The van der Waals surface area contributed by atoms with Gasteiger partial charge in [-0.15, -0.1) is 0 Å². The number of aliphatic hydroxyl groups excluding tert-OH is 1. The van der Waals surface area contributed by atoms with E-state index in [2.05, 4.69) is 11.3 Å². The minimum atomic E-state index is -4.57. The molecule has 0 spiro atoms. The lowest BCUT2D eigenvalue weighted by Gasteiger charge is -2.36. The fourth-order valence-corrected chi connectivity index (χ4v) is 3.25. The molecule has 0 aromatic rings. The van der Waals surface area contributed by atoms with Crippen LogP contribution in [0.4, 0.5) is 0 Å². The Morgan fingerprint density at radius 1 is 1.07 bits per heavy atom. The molecule has 0 rings (SSSR count). The zero-order valence-corrected chi connectivity index (χ0v) is 17.5. The minimum Gasteiger partial charge on any atom is -0.469 e. The largest absolute Gasteiger partial charge is 0.469 e. The highest BCUT2D eigenvalue weighted by Gasteiger charge is 2.46. The molecule has 0 aromatic carbocycles. The summed E-state index contributed by atoms with van der Waals surface area (Å²) in [6.07, 6.45) is -2.25. The summed E-state index contributed by atoms with van der Waals surface area (Å²) in [4.78, 5) is 36.6. The second-order valence-corrected chi connectivity index (χ2v) is 8.52. The van der Waals surface area contributed by atoms with Crippen LogP contribution in [-0.4, -0.2) is 62.2 Å². The van der Waals surface area contributed by atoms with Gasteiger partial charge in [0.1, 0.15) is 5.75 Å². The zero-order chi connectivity index (χ0) is 22.3. The Labute approximate surface area is 164 Å². The third kappa shape index (κ3) is 7.56. The molecule has 162 valence electrons. The van der Waals surface area contributed by atoms with Crippen molar-refractivity contribution in [1.29, 1.82) is 0 Å². The van der Waals surface area contributed by atoms with E-state index in [1.807, 2.05) is 0 Å². The number of hydrogen-bond donors (Lipinski definition) is 2. The molecule has 10 nitrogen and oxygen atoms in total. The van der Waals surface area contributed by atoms with Crippen LogP contribution < -0.4 is 0 Å². The lowest BCUT2D eigenvalue weighted by Crippen LogP contribution is -2.42. The number of carbonyl (C=O) groups excluding carboxylic acids is 3. The van der Waals surface area contributed by atoms with Crippen molar-refractivity contribution in [1.82, 2.24) is 0 Å². The molecular formula is C17H28O10S. The van der Waals surface area contributed by atoms with Gasteiger partial charge in [0.15, 0.2) is 0 Å². The molecule has 3 atom stereocenters. The number of rotatable bonds is 11. The fourth-order valence-electron chi connectivity index (χ4n) is 2.82. The lowest BCUT2D eigenvalue weighted by atomic mass is 9.69. The first kappa shape index (κ1) is 26.0. The van der Waals surface area contributed by atoms with Crippen LogP contribution in [0.15, 0.2) is 12.2 Å². The summed E-state index contributed by atoms with van der Waals surface area (Å²) in [6.45, 7) is 8.14. The molecule has 0 radical (unpaired) electrons. The highest BCUT2D eigenvalue weighted by atomic mass is 32.2. The molecule has 3 unspecified atom stereocenters. The van der Waals surface area contributed by atoms with Crippen molar-refractivity contribution in [2.75, 3.05) is 20.0 Å². The van der Waals surface area contributed by atoms with Crippen molar-refractivity contribution in [2.24, 2.45) is 10.8 Å². The van der Waals surface area contributed by atoms with Crippen LogP contribution in [-0.2, 0) is 38.7 Å². The van der Waals surface area contributed by atoms with Crippen LogP contribution in [0.1, 0.15) is 40.0 Å². The van der Waals surface area contributed by atoms with Crippen LogP contribution in [0.3, 0.4) is 0 Å². The summed E-state index contributed by atoms with van der Waals surface area (Å²) in [6, 6.07) is 0. The van der Waals surface area contributed by atoms with Crippen LogP contribution in [0.5, 0.6) is 0 Å². The second kappa shape index (κ2) is 9.99. The molecule has 11 heteroatoms. The number of methoxy groups -OCH3 is 2. The van der Waals surface area contributed by atoms with E-state index < -0.39 is 50.9 Å². The van der Waals surface area contributed by atoms with Gasteiger partial charge in [-0.3, -0.25) is 14.1 Å². The predicted molar refractivity (Wildman–Crippen MR) is 97.4 cm³/mol. The Hall–Kier alpha value is -1.98. The zero-order valence-electron chi connectivity index (χ0n) is 16.7. The number of aliphatic hydroxyl groups is 1. The van der Waals surface area contributed by atoms with Gasteiger partial charge >= 0.3 is 17.9 Å². The molecule has 0 fully saturated rings. The summed E-state index contributed by atoms with van der Waals surface area (Å²) >= 11 is 0. The Bertz CT molecular complexity index is 713. The molecule has 0 aliphatic carbocycles. The summed E-state index contributed by atoms with van der Waals surface area (Å²) in [5, 5.41) is 9.57. The van der Waals surface area contributed by atoms with Crippen molar-refractivity contribution in [3.8, 4) is 0 Å². The van der Waals surface area contributed by atoms with Crippen molar-refractivity contribution in [3.63, 3.8) is 0 Å². The Morgan fingerprint density at radius 2 is 1.61 bits per heavy atom. The van der Waals surface area contributed by atoms with Gasteiger partial charge in [-0.25, -0.2) is 4.79 Å². The molecule has 0 bridgehead atoms. The summed E-state index contributed by atoms with van der Waals surface area (Å²) in [7, 11) is -2.25. The van der Waals surface area contributed by atoms with E-state index in [1.54, 1.807) is 6.92 Å². The molecule has 0 saturated carbocycles. The monoisotopic (exact) mass is 424 g/mol. The first-order chi connectivity index (χ1) is 12.6. The molecule has 0 amide bonds. The van der Waals surface area contributed by atoms with E-state index in [-0.39, 0.29) is 24.8 Å². The summed E-state index contributed by atoms with van der Waals surface area (Å²) < 4.78 is 44.4. The van der Waals surface area contributed by atoms with Crippen molar-refractivity contribution in [3.05, 3.63) is 12.2 Å². The number of esters is 3. The van der Waals surface area contributed by atoms with E-state index in [0.717, 1.165) is 14.2 Å². The molecule has 0 heterocycles. The number of ether oxygens (including phenoxy) is 3. The number of carbonyl (C=O) groups is 3. The average Bonchev–Trinajstić information content (AvgIpc) is 2.57. The fraction of sp³-hybridized carbons (Fsp3) is 0.706.